The van der Waals surface area contributed by atoms with Gasteiger partial charge in [0, 0.05) is 4.88 Å². The summed E-state index contributed by atoms with van der Waals surface area (Å²) < 4.78 is 0. The van der Waals surface area contributed by atoms with Gasteiger partial charge in [-0.25, -0.2) is 4.98 Å². The molecule has 1 N–H and O–H groups in total. The molecule has 3 unspecified atom stereocenters. The summed E-state index contributed by atoms with van der Waals surface area (Å²) in [6.07, 6.45) is 8.13. The Morgan fingerprint density at radius 1 is 1.28 bits per heavy atom. The van der Waals surface area contributed by atoms with Gasteiger partial charge in [0.05, 0.1) is 17.5 Å². The minimum absolute atomic E-state index is 0.217. The molecule has 0 aromatic carbocycles. The molecule has 3 atom stereocenters. The van der Waals surface area contributed by atoms with Crippen molar-refractivity contribution in [2.45, 2.75) is 39.0 Å². The Kier molecular flexibility index (Phi) is 4.19. The number of thiazole rings is 1. The Bertz CT molecular complexity index is 744. The molecular formula is C18H21N3O3S. The number of aromatic nitrogens is 1. The molecule has 0 saturated carbocycles. The van der Waals surface area contributed by atoms with Gasteiger partial charge >= 0.3 is 0 Å². The molecule has 0 radical (unpaired) electrons. The molecule has 0 bridgehead atoms. The van der Waals surface area contributed by atoms with E-state index in [-0.39, 0.29) is 36.1 Å². The molecule has 132 valence electrons. The normalized spacial score (nSPS) is 28.0. The lowest BCUT2D eigenvalue weighted by Gasteiger charge is -2.15. The number of rotatable bonds is 3. The van der Waals surface area contributed by atoms with Gasteiger partial charge in [0.15, 0.2) is 5.13 Å². The molecule has 2 aliphatic carbocycles. The first kappa shape index (κ1) is 16.4. The number of carbonyl (C=O) groups excluding carboxylic acids is 3. The van der Waals surface area contributed by atoms with Crippen LogP contribution in [0.4, 0.5) is 5.13 Å². The van der Waals surface area contributed by atoms with E-state index in [0.717, 1.165) is 29.9 Å². The van der Waals surface area contributed by atoms with E-state index < -0.39 is 0 Å². The summed E-state index contributed by atoms with van der Waals surface area (Å²) >= 11 is 1.51. The number of nitrogens with one attached hydrogen (secondary N) is 1. The van der Waals surface area contributed by atoms with Crippen molar-refractivity contribution in [3.05, 3.63) is 22.7 Å². The standard InChI is InChI=1S/C18H21N3O3S/c1-10-6-7-13-14(8-10)25-18(19-13)20-15(22)9-21-16(23)11-4-2-3-5-12(11)17(21)24/h2-3,10-12H,4-9H2,1H3,(H,19,20,22). The van der Waals surface area contributed by atoms with Gasteiger partial charge in [-0.3, -0.25) is 19.3 Å². The Labute approximate surface area is 150 Å². The highest BCUT2D eigenvalue weighted by molar-refractivity contribution is 7.15. The maximum atomic E-state index is 12.4. The fraction of sp³-hybridized carbons (Fsp3) is 0.556. The fourth-order valence-electron chi connectivity index (χ4n) is 3.92. The van der Waals surface area contributed by atoms with E-state index in [0.29, 0.717) is 23.9 Å². The molecule has 3 amide bonds. The largest absolute Gasteiger partial charge is 0.300 e. The highest BCUT2D eigenvalue weighted by atomic mass is 32.1. The van der Waals surface area contributed by atoms with Gasteiger partial charge in [0.25, 0.3) is 0 Å². The van der Waals surface area contributed by atoms with Crippen molar-refractivity contribution in [2.24, 2.45) is 17.8 Å². The van der Waals surface area contributed by atoms with Crippen LogP contribution in [0, 0.1) is 17.8 Å². The van der Waals surface area contributed by atoms with E-state index in [1.165, 1.54) is 16.2 Å². The number of hydrogen-bond donors (Lipinski definition) is 1. The average Bonchev–Trinajstić information content (AvgIpc) is 3.09. The number of fused-ring (bicyclic) bond motifs is 2. The minimum atomic E-state index is -0.354. The van der Waals surface area contributed by atoms with Crippen molar-refractivity contribution in [1.82, 2.24) is 9.88 Å². The van der Waals surface area contributed by atoms with E-state index in [4.69, 9.17) is 0 Å². The molecule has 4 rings (SSSR count). The highest BCUT2D eigenvalue weighted by Gasteiger charge is 2.47. The first-order valence-corrected chi connectivity index (χ1v) is 9.63. The fourth-order valence-corrected chi connectivity index (χ4v) is 5.11. The summed E-state index contributed by atoms with van der Waals surface area (Å²) in [5, 5.41) is 3.34. The Balaban J connectivity index is 1.41. The van der Waals surface area contributed by atoms with Crippen molar-refractivity contribution in [2.75, 3.05) is 11.9 Å². The molecule has 25 heavy (non-hydrogen) atoms. The average molecular weight is 359 g/mol. The number of carbonyl (C=O) groups is 3. The van der Waals surface area contributed by atoms with E-state index in [1.807, 2.05) is 12.2 Å². The Morgan fingerprint density at radius 2 is 1.96 bits per heavy atom. The van der Waals surface area contributed by atoms with Crippen LogP contribution in [0.3, 0.4) is 0 Å². The summed E-state index contributed by atoms with van der Waals surface area (Å²) in [5.74, 6) is -0.734. The van der Waals surface area contributed by atoms with E-state index in [2.05, 4.69) is 17.2 Å². The smallest absolute Gasteiger partial charge is 0.246 e. The Hall–Kier alpha value is -2.02. The SMILES string of the molecule is CC1CCc2nc(NC(=O)CN3C(=O)C4CC=CCC4C3=O)sc2C1. The zero-order valence-corrected chi connectivity index (χ0v) is 15.0. The first-order valence-electron chi connectivity index (χ1n) is 8.81. The number of anilines is 1. The van der Waals surface area contributed by atoms with E-state index >= 15 is 0 Å². The van der Waals surface area contributed by atoms with Gasteiger partial charge < -0.3 is 5.32 Å². The van der Waals surface area contributed by atoms with Crippen molar-refractivity contribution in [1.29, 1.82) is 0 Å². The predicted molar refractivity (Wildman–Crippen MR) is 94.0 cm³/mol. The van der Waals surface area contributed by atoms with Crippen LogP contribution in [0.5, 0.6) is 0 Å². The number of hydrogen-bond acceptors (Lipinski definition) is 5. The second-order valence-corrected chi connectivity index (χ2v) is 8.29. The molecule has 7 heteroatoms. The number of allylic oxidation sites excluding steroid dienone is 2. The first-order chi connectivity index (χ1) is 12.0. The van der Waals surface area contributed by atoms with Crippen molar-refractivity contribution in [3.63, 3.8) is 0 Å². The molecule has 6 nitrogen and oxygen atoms in total. The summed E-state index contributed by atoms with van der Waals surface area (Å²) in [6.45, 7) is 2.01. The van der Waals surface area contributed by atoms with E-state index in [1.54, 1.807) is 0 Å². The number of nitrogens with zero attached hydrogens (tertiary/aromatic N) is 2. The molecule has 1 fully saturated rings. The Morgan fingerprint density at radius 3 is 2.64 bits per heavy atom. The van der Waals surface area contributed by atoms with Gasteiger partial charge in [-0.2, -0.15) is 0 Å². The predicted octanol–water partition coefficient (Wildman–Crippen LogP) is 2.16. The molecule has 1 aromatic heterocycles. The topological polar surface area (TPSA) is 79.4 Å². The van der Waals surface area contributed by atoms with Crippen LogP contribution >= 0.6 is 11.3 Å². The van der Waals surface area contributed by atoms with Crippen LogP contribution in [0.1, 0.15) is 36.8 Å². The zero-order valence-electron chi connectivity index (χ0n) is 14.2. The van der Waals surface area contributed by atoms with Gasteiger partial charge in [-0.1, -0.05) is 19.1 Å². The van der Waals surface area contributed by atoms with Gasteiger partial charge in [-0.15, -0.1) is 11.3 Å². The van der Waals surface area contributed by atoms with E-state index in [9.17, 15) is 14.4 Å². The molecule has 1 aliphatic heterocycles. The monoisotopic (exact) mass is 359 g/mol. The molecular weight excluding hydrogens is 338 g/mol. The summed E-state index contributed by atoms with van der Waals surface area (Å²) in [4.78, 5) is 44.0. The van der Waals surface area contributed by atoms with Crippen LogP contribution in [-0.4, -0.2) is 34.2 Å². The number of imide groups is 1. The van der Waals surface area contributed by atoms with Gasteiger partial charge in [0.1, 0.15) is 6.54 Å². The highest BCUT2D eigenvalue weighted by Crippen LogP contribution is 2.35. The lowest BCUT2D eigenvalue weighted by atomic mass is 9.85. The maximum absolute atomic E-state index is 12.4. The minimum Gasteiger partial charge on any atom is -0.300 e. The number of aryl methyl sites for hydroxylation is 1. The third kappa shape index (κ3) is 3.01. The summed E-state index contributed by atoms with van der Waals surface area (Å²) in [5.41, 5.74) is 1.07. The lowest BCUT2D eigenvalue weighted by molar-refractivity contribution is -0.142. The quantitative estimate of drug-likeness (QED) is 0.662. The maximum Gasteiger partial charge on any atom is 0.246 e. The molecule has 2 heterocycles. The van der Waals surface area contributed by atoms with Crippen molar-refractivity contribution < 1.29 is 14.4 Å². The van der Waals surface area contributed by atoms with Crippen LogP contribution in [-0.2, 0) is 27.2 Å². The molecule has 3 aliphatic rings. The summed E-state index contributed by atoms with van der Waals surface area (Å²) in [6, 6.07) is 0. The second-order valence-electron chi connectivity index (χ2n) is 7.20. The van der Waals surface area contributed by atoms with Crippen molar-refractivity contribution >= 4 is 34.2 Å². The van der Waals surface area contributed by atoms with Gasteiger partial charge in [-0.05, 0) is 38.0 Å². The third-order valence-electron chi connectivity index (χ3n) is 5.33. The van der Waals surface area contributed by atoms with Crippen LogP contribution < -0.4 is 5.32 Å². The van der Waals surface area contributed by atoms with Gasteiger partial charge in [0.2, 0.25) is 17.7 Å². The second kappa shape index (κ2) is 6.37. The molecule has 1 saturated heterocycles. The zero-order chi connectivity index (χ0) is 17.6. The number of likely N-dealkylation sites (tertiary alicyclic amines) is 1. The van der Waals surface area contributed by atoms with Crippen LogP contribution in [0.15, 0.2) is 12.2 Å². The molecule has 1 aromatic rings. The number of amides is 3. The van der Waals surface area contributed by atoms with Crippen LogP contribution in [0.25, 0.3) is 0 Å². The third-order valence-corrected chi connectivity index (χ3v) is 6.37. The molecule has 0 spiro atoms. The lowest BCUT2D eigenvalue weighted by Crippen LogP contribution is -2.38. The summed E-state index contributed by atoms with van der Waals surface area (Å²) in [7, 11) is 0. The van der Waals surface area contributed by atoms with Crippen LogP contribution in [0.2, 0.25) is 0 Å². The van der Waals surface area contributed by atoms with Crippen molar-refractivity contribution in [3.8, 4) is 0 Å².